The number of piperazine rings is 1. The third kappa shape index (κ3) is 3.06. The number of hydrogen-bond acceptors (Lipinski definition) is 2. The molecule has 1 N–H and O–H groups in total. The topological polar surface area (TPSA) is 15.3 Å². The van der Waals surface area contributed by atoms with Crippen molar-refractivity contribution in [2.45, 2.75) is 26.4 Å². The van der Waals surface area contributed by atoms with E-state index in [0.717, 1.165) is 26.2 Å². The molecule has 1 heterocycles. The normalized spacial score (nSPS) is 22.3. The van der Waals surface area contributed by atoms with Crippen molar-refractivity contribution < 1.29 is 0 Å². The number of benzene rings is 1. The number of nitrogens with one attached hydrogen (secondary N) is 1. The fourth-order valence-corrected chi connectivity index (χ4v) is 2.91. The van der Waals surface area contributed by atoms with E-state index in [-0.39, 0.29) is 0 Å². The molecule has 0 bridgehead atoms. The molecule has 1 atom stereocenters. The van der Waals surface area contributed by atoms with Crippen molar-refractivity contribution in [2.75, 3.05) is 19.6 Å². The van der Waals surface area contributed by atoms with Gasteiger partial charge in [0.05, 0.1) is 0 Å². The first kappa shape index (κ1) is 12.1. The molecular formula is C13H19BrN2. The molecule has 0 saturated carbocycles. The molecule has 0 radical (unpaired) electrons. The standard InChI is InChI=1S/C13H19BrN2/c1-10-5-12(7-13(14)6-10)9-16-4-3-15-8-11(16)2/h5-7,11,15H,3-4,8-9H2,1-2H3. The zero-order valence-electron chi connectivity index (χ0n) is 9.96. The van der Waals surface area contributed by atoms with Crippen molar-refractivity contribution in [1.82, 2.24) is 10.2 Å². The highest BCUT2D eigenvalue weighted by atomic mass is 79.9. The zero-order chi connectivity index (χ0) is 11.5. The summed E-state index contributed by atoms with van der Waals surface area (Å²) in [5.74, 6) is 0. The summed E-state index contributed by atoms with van der Waals surface area (Å²) in [6.45, 7) is 8.85. The van der Waals surface area contributed by atoms with E-state index in [2.05, 4.69) is 58.2 Å². The summed E-state index contributed by atoms with van der Waals surface area (Å²) in [6.07, 6.45) is 0. The van der Waals surface area contributed by atoms with Crippen LogP contribution in [0.15, 0.2) is 22.7 Å². The molecule has 0 spiro atoms. The van der Waals surface area contributed by atoms with Crippen LogP contribution < -0.4 is 5.32 Å². The van der Waals surface area contributed by atoms with Crippen LogP contribution in [0.3, 0.4) is 0 Å². The molecule has 3 heteroatoms. The van der Waals surface area contributed by atoms with Crippen LogP contribution in [0.4, 0.5) is 0 Å². The van der Waals surface area contributed by atoms with Gasteiger partial charge in [-0.3, -0.25) is 4.90 Å². The Kier molecular flexibility index (Phi) is 4.00. The maximum atomic E-state index is 3.56. The Morgan fingerprint density at radius 3 is 2.94 bits per heavy atom. The van der Waals surface area contributed by atoms with Gasteiger partial charge in [-0.2, -0.15) is 0 Å². The lowest BCUT2D eigenvalue weighted by Gasteiger charge is -2.34. The van der Waals surface area contributed by atoms with E-state index in [1.165, 1.54) is 15.6 Å². The molecule has 0 amide bonds. The molecule has 0 aromatic heterocycles. The van der Waals surface area contributed by atoms with Crippen molar-refractivity contribution in [3.8, 4) is 0 Å². The summed E-state index contributed by atoms with van der Waals surface area (Å²) in [5, 5.41) is 3.42. The molecular weight excluding hydrogens is 264 g/mol. The number of hydrogen-bond donors (Lipinski definition) is 1. The fraction of sp³-hybridized carbons (Fsp3) is 0.538. The third-order valence-electron chi connectivity index (χ3n) is 3.13. The van der Waals surface area contributed by atoms with Crippen LogP contribution in [-0.4, -0.2) is 30.6 Å². The van der Waals surface area contributed by atoms with Gasteiger partial charge >= 0.3 is 0 Å². The average molecular weight is 283 g/mol. The van der Waals surface area contributed by atoms with Gasteiger partial charge in [0.25, 0.3) is 0 Å². The first-order chi connectivity index (χ1) is 7.65. The Morgan fingerprint density at radius 1 is 1.44 bits per heavy atom. The number of halogens is 1. The van der Waals surface area contributed by atoms with Gasteiger partial charge in [0.1, 0.15) is 0 Å². The van der Waals surface area contributed by atoms with Gasteiger partial charge < -0.3 is 5.32 Å². The smallest absolute Gasteiger partial charge is 0.0238 e. The molecule has 1 saturated heterocycles. The van der Waals surface area contributed by atoms with Gasteiger partial charge in [-0.15, -0.1) is 0 Å². The van der Waals surface area contributed by atoms with E-state index < -0.39 is 0 Å². The number of nitrogens with zero attached hydrogens (tertiary/aromatic N) is 1. The lowest BCUT2D eigenvalue weighted by molar-refractivity contribution is 0.165. The molecule has 2 nitrogen and oxygen atoms in total. The summed E-state index contributed by atoms with van der Waals surface area (Å²) in [7, 11) is 0. The van der Waals surface area contributed by atoms with Gasteiger partial charge in [-0.1, -0.05) is 22.0 Å². The quantitative estimate of drug-likeness (QED) is 0.897. The summed E-state index contributed by atoms with van der Waals surface area (Å²) in [6, 6.07) is 7.29. The molecule has 1 aliphatic rings. The van der Waals surface area contributed by atoms with Crippen LogP contribution in [0.5, 0.6) is 0 Å². The molecule has 1 aliphatic heterocycles. The molecule has 1 fully saturated rings. The van der Waals surface area contributed by atoms with Crippen molar-refractivity contribution >= 4 is 15.9 Å². The van der Waals surface area contributed by atoms with Crippen LogP contribution in [0, 0.1) is 6.92 Å². The first-order valence-corrected chi connectivity index (χ1v) is 6.65. The van der Waals surface area contributed by atoms with E-state index in [9.17, 15) is 0 Å². The highest BCUT2D eigenvalue weighted by Crippen LogP contribution is 2.18. The Labute approximate surface area is 106 Å². The second-order valence-electron chi connectivity index (χ2n) is 4.66. The van der Waals surface area contributed by atoms with Crippen molar-refractivity contribution in [1.29, 1.82) is 0 Å². The largest absolute Gasteiger partial charge is 0.314 e. The molecule has 16 heavy (non-hydrogen) atoms. The minimum atomic E-state index is 0.632. The van der Waals surface area contributed by atoms with Gasteiger partial charge in [-0.25, -0.2) is 0 Å². The third-order valence-corrected chi connectivity index (χ3v) is 3.58. The van der Waals surface area contributed by atoms with Crippen LogP contribution in [0.1, 0.15) is 18.1 Å². The van der Waals surface area contributed by atoms with Crippen molar-refractivity contribution in [2.24, 2.45) is 0 Å². The average Bonchev–Trinajstić information content (AvgIpc) is 2.20. The Hall–Kier alpha value is -0.380. The van der Waals surface area contributed by atoms with Gasteiger partial charge in [0.2, 0.25) is 0 Å². The minimum Gasteiger partial charge on any atom is -0.314 e. The zero-order valence-corrected chi connectivity index (χ0v) is 11.5. The van der Waals surface area contributed by atoms with Crippen LogP contribution >= 0.6 is 15.9 Å². The first-order valence-electron chi connectivity index (χ1n) is 5.86. The van der Waals surface area contributed by atoms with Crippen molar-refractivity contribution in [3.63, 3.8) is 0 Å². The predicted molar refractivity (Wildman–Crippen MR) is 71.6 cm³/mol. The maximum absolute atomic E-state index is 3.56. The van der Waals surface area contributed by atoms with Crippen LogP contribution in [-0.2, 0) is 6.54 Å². The van der Waals surface area contributed by atoms with Crippen LogP contribution in [0.2, 0.25) is 0 Å². The molecule has 1 aromatic rings. The van der Waals surface area contributed by atoms with Gasteiger partial charge in [0.15, 0.2) is 0 Å². The van der Waals surface area contributed by atoms with Gasteiger partial charge in [-0.05, 0) is 37.1 Å². The van der Waals surface area contributed by atoms with E-state index in [1.807, 2.05) is 0 Å². The minimum absolute atomic E-state index is 0.632. The summed E-state index contributed by atoms with van der Waals surface area (Å²) >= 11 is 3.56. The monoisotopic (exact) mass is 282 g/mol. The van der Waals surface area contributed by atoms with Gasteiger partial charge in [0, 0.05) is 36.7 Å². The van der Waals surface area contributed by atoms with E-state index in [0.29, 0.717) is 6.04 Å². The Morgan fingerprint density at radius 2 is 2.25 bits per heavy atom. The number of rotatable bonds is 2. The molecule has 1 aromatic carbocycles. The second-order valence-corrected chi connectivity index (χ2v) is 5.58. The lowest BCUT2D eigenvalue weighted by atomic mass is 10.1. The molecule has 88 valence electrons. The molecule has 2 rings (SSSR count). The Bertz CT molecular complexity index is 345. The summed E-state index contributed by atoms with van der Waals surface area (Å²) in [5.41, 5.74) is 2.73. The second kappa shape index (κ2) is 5.30. The maximum Gasteiger partial charge on any atom is 0.0238 e. The highest BCUT2D eigenvalue weighted by molar-refractivity contribution is 9.10. The number of aryl methyl sites for hydroxylation is 1. The van der Waals surface area contributed by atoms with E-state index in [1.54, 1.807) is 0 Å². The summed E-state index contributed by atoms with van der Waals surface area (Å²) in [4.78, 5) is 2.54. The SMILES string of the molecule is Cc1cc(Br)cc(CN2CCNCC2C)c1. The Balaban J connectivity index is 2.07. The lowest BCUT2D eigenvalue weighted by Crippen LogP contribution is -2.49. The van der Waals surface area contributed by atoms with Crippen LogP contribution in [0.25, 0.3) is 0 Å². The van der Waals surface area contributed by atoms with E-state index in [4.69, 9.17) is 0 Å². The molecule has 1 unspecified atom stereocenters. The molecule has 0 aliphatic carbocycles. The van der Waals surface area contributed by atoms with E-state index >= 15 is 0 Å². The predicted octanol–water partition coefficient (Wildman–Crippen LogP) is 2.55. The van der Waals surface area contributed by atoms with Crippen molar-refractivity contribution in [3.05, 3.63) is 33.8 Å². The summed E-state index contributed by atoms with van der Waals surface area (Å²) < 4.78 is 1.19. The highest BCUT2D eigenvalue weighted by Gasteiger charge is 2.17. The fourth-order valence-electron chi connectivity index (χ4n) is 2.26.